The van der Waals surface area contributed by atoms with Crippen LogP contribution in [0.2, 0.25) is 0 Å². The molecule has 3 atom stereocenters. The zero-order valence-corrected chi connectivity index (χ0v) is 11.9. The van der Waals surface area contributed by atoms with E-state index in [0.29, 0.717) is 6.42 Å². The maximum Gasteiger partial charge on any atom is 0.222 e. The van der Waals surface area contributed by atoms with Crippen LogP contribution in [0.5, 0.6) is 0 Å². The van der Waals surface area contributed by atoms with Crippen molar-refractivity contribution in [1.29, 1.82) is 0 Å². The third-order valence-corrected chi connectivity index (χ3v) is 5.05. The lowest BCUT2D eigenvalue weighted by atomic mass is 9.56. The van der Waals surface area contributed by atoms with Crippen molar-refractivity contribution < 1.29 is 14.3 Å². The smallest absolute Gasteiger partial charge is 0.222 e. The van der Waals surface area contributed by atoms with Gasteiger partial charge in [-0.25, -0.2) is 0 Å². The van der Waals surface area contributed by atoms with Gasteiger partial charge in [0, 0.05) is 25.2 Å². The Morgan fingerprint density at radius 3 is 2.67 bits per heavy atom. The summed E-state index contributed by atoms with van der Waals surface area (Å²) in [6, 6.07) is 0.205. The molecule has 4 heteroatoms. The van der Waals surface area contributed by atoms with Crippen LogP contribution in [0.1, 0.15) is 46.5 Å². The van der Waals surface area contributed by atoms with Gasteiger partial charge >= 0.3 is 0 Å². The van der Waals surface area contributed by atoms with Crippen LogP contribution in [-0.4, -0.2) is 37.4 Å². The molecule has 2 rings (SSSR count). The third-order valence-electron chi connectivity index (χ3n) is 5.05. The van der Waals surface area contributed by atoms with E-state index in [1.165, 1.54) is 0 Å². The van der Waals surface area contributed by atoms with Crippen LogP contribution < -0.4 is 5.32 Å². The van der Waals surface area contributed by atoms with Crippen LogP contribution in [0.25, 0.3) is 0 Å². The topological polar surface area (TPSA) is 47.6 Å². The first-order valence-corrected chi connectivity index (χ1v) is 6.85. The number of nitrogens with one attached hydrogen (secondary N) is 1. The highest BCUT2D eigenvalue weighted by atomic mass is 16.5. The second kappa shape index (κ2) is 4.82. The molecule has 4 nitrogen and oxygen atoms in total. The summed E-state index contributed by atoms with van der Waals surface area (Å²) in [5.41, 5.74) is -0.150. The van der Waals surface area contributed by atoms with Crippen molar-refractivity contribution >= 4 is 5.91 Å². The zero-order chi connectivity index (χ0) is 13.4. The summed E-state index contributed by atoms with van der Waals surface area (Å²) >= 11 is 0. The monoisotopic (exact) mass is 255 g/mol. The van der Waals surface area contributed by atoms with E-state index in [9.17, 15) is 4.79 Å². The van der Waals surface area contributed by atoms with Crippen molar-refractivity contribution in [3.8, 4) is 0 Å². The fraction of sp³-hybridized carbons (Fsp3) is 0.929. The molecule has 0 bridgehead atoms. The quantitative estimate of drug-likeness (QED) is 0.834. The predicted molar refractivity (Wildman–Crippen MR) is 69.3 cm³/mol. The Morgan fingerprint density at radius 1 is 1.44 bits per heavy atom. The minimum absolute atomic E-state index is 0.0199. The molecule has 1 aliphatic heterocycles. The molecule has 1 amide bonds. The van der Waals surface area contributed by atoms with Crippen molar-refractivity contribution in [3.63, 3.8) is 0 Å². The molecule has 0 aromatic carbocycles. The summed E-state index contributed by atoms with van der Waals surface area (Å²) in [7, 11) is 1.74. The van der Waals surface area contributed by atoms with E-state index in [1.807, 2.05) is 0 Å². The van der Waals surface area contributed by atoms with Crippen LogP contribution in [0.3, 0.4) is 0 Å². The number of methoxy groups -OCH3 is 1. The fourth-order valence-corrected chi connectivity index (χ4v) is 2.99. The van der Waals surface area contributed by atoms with Crippen LogP contribution >= 0.6 is 0 Å². The van der Waals surface area contributed by atoms with E-state index < -0.39 is 0 Å². The first kappa shape index (κ1) is 13.8. The molecule has 0 unspecified atom stereocenters. The molecule has 1 aliphatic carbocycles. The number of carbonyl (C=O) groups is 1. The molecule has 0 radical (unpaired) electrons. The van der Waals surface area contributed by atoms with Gasteiger partial charge in [0.1, 0.15) is 0 Å². The van der Waals surface area contributed by atoms with Gasteiger partial charge in [-0.2, -0.15) is 0 Å². The molecule has 2 fully saturated rings. The number of rotatable bonds is 4. The molecule has 0 aromatic rings. The van der Waals surface area contributed by atoms with Crippen LogP contribution in [0.15, 0.2) is 0 Å². The average Bonchev–Trinajstić information content (AvgIpc) is 2.80. The molecule has 0 aromatic heterocycles. The van der Waals surface area contributed by atoms with Gasteiger partial charge in [-0.1, -0.05) is 13.8 Å². The largest absolute Gasteiger partial charge is 0.378 e. The van der Waals surface area contributed by atoms with Gasteiger partial charge in [0.15, 0.2) is 0 Å². The molecule has 1 saturated carbocycles. The molecule has 18 heavy (non-hydrogen) atoms. The lowest BCUT2D eigenvalue weighted by Gasteiger charge is -2.59. The number of hydrogen-bond donors (Lipinski definition) is 1. The highest BCUT2D eigenvalue weighted by molar-refractivity contribution is 5.77. The first-order chi connectivity index (χ1) is 8.39. The van der Waals surface area contributed by atoms with Gasteiger partial charge < -0.3 is 14.8 Å². The van der Waals surface area contributed by atoms with Crippen molar-refractivity contribution in [2.75, 3.05) is 13.7 Å². The standard InChI is InChI=1S/C14H25NO3/c1-13(2)11(9-14(13,3)17-4)15-12(16)8-10-6-5-7-18-10/h10-11H,5-9H2,1-4H3,(H,15,16)/t10-,11+,14-/m1/s1. The minimum Gasteiger partial charge on any atom is -0.378 e. The van der Waals surface area contributed by atoms with Gasteiger partial charge in [0.2, 0.25) is 5.91 Å². The molecule has 1 heterocycles. The Kier molecular flexibility index (Phi) is 3.70. The Bertz CT molecular complexity index is 323. The fourth-order valence-electron chi connectivity index (χ4n) is 2.99. The third kappa shape index (κ3) is 2.28. The lowest BCUT2D eigenvalue weighted by molar-refractivity contribution is -0.182. The van der Waals surface area contributed by atoms with Crippen LogP contribution in [0.4, 0.5) is 0 Å². The van der Waals surface area contributed by atoms with E-state index in [4.69, 9.17) is 9.47 Å². The van der Waals surface area contributed by atoms with Crippen LogP contribution in [-0.2, 0) is 14.3 Å². The summed E-state index contributed by atoms with van der Waals surface area (Å²) in [5.74, 6) is 0.109. The van der Waals surface area contributed by atoms with E-state index in [0.717, 1.165) is 25.9 Å². The highest BCUT2D eigenvalue weighted by Gasteiger charge is 2.58. The summed E-state index contributed by atoms with van der Waals surface area (Å²) in [6.07, 6.45) is 3.60. The first-order valence-electron chi connectivity index (χ1n) is 6.85. The normalized spacial score (nSPS) is 38.2. The molecular formula is C14H25NO3. The van der Waals surface area contributed by atoms with Crippen LogP contribution in [0, 0.1) is 5.41 Å². The second-order valence-electron chi connectivity index (χ2n) is 6.32. The van der Waals surface area contributed by atoms with Crippen molar-refractivity contribution in [2.45, 2.75) is 64.2 Å². The van der Waals surface area contributed by atoms with Gasteiger partial charge in [0.05, 0.1) is 18.1 Å². The van der Waals surface area contributed by atoms with E-state index >= 15 is 0 Å². The molecular weight excluding hydrogens is 230 g/mol. The minimum atomic E-state index is -0.130. The number of amides is 1. The Hall–Kier alpha value is -0.610. The van der Waals surface area contributed by atoms with Gasteiger partial charge in [0.25, 0.3) is 0 Å². The summed E-state index contributed by atoms with van der Waals surface area (Å²) in [6.45, 7) is 7.21. The SMILES string of the molecule is CO[C@]1(C)C[C@H](NC(=O)C[C@H]2CCCO2)C1(C)C. The second-order valence-corrected chi connectivity index (χ2v) is 6.32. The summed E-state index contributed by atoms with van der Waals surface area (Å²) < 4.78 is 11.0. The van der Waals surface area contributed by atoms with Crippen molar-refractivity contribution in [2.24, 2.45) is 5.41 Å². The van der Waals surface area contributed by atoms with Crippen molar-refractivity contribution in [3.05, 3.63) is 0 Å². The van der Waals surface area contributed by atoms with Gasteiger partial charge in [-0.05, 0) is 26.2 Å². The summed E-state index contributed by atoms with van der Waals surface area (Å²) in [4.78, 5) is 12.0. The maximum atomic E-state index is 12.0. The van der Waals surface area contributed by atoms with Gasteiger partial charge in [-0.15, -0.1) is 0 Å². The lowest BCUT2D eigenvalue weighted by Crippen LogP contribution is -2.68. The van der Waals surface area contributed by atoms with Crippen molar-refractivity contribution in [1.82, 2.24) is 5.32 Å². The maximum absolute atomic E-state index is 12.0. The Balaban J connectivity index is 1.82. The molecule has 104 valence electrons. The summed E-state index contributed by atoms with van der Waals surface area (Å²) in [5, 5.41) is 3.12. The number of hydrogen-bond acceptors (Lipinski definition) is 3. The Labute approximate surface area is 109 Å². The predicted octanol–water partition coefficient (Wildman–Crippen LogP) is 1.88. The van der Waals surface area contributed by atoms with E-state index in [2.05, 4.69) is 26.1 Å². The average molecular weight is 255 g/mol. The molecule has 1 N–H and O–H groups in total. The van der Waals surface area contributed by atoms with E-state index in [-0.39, 0.29) is 29.1 Å². The van der Waals surface area contributed by atoms with Gasteiger partial charge in [-0.3, -0.25) is 4.79 Å². The zero-order valence-electron chi connectivity index (χ0n) is 11.9. The Morgan fingerprint density at radius 2 is 2.17 bits per heavy atom. The van der Waals surface area contributed by atoms with E-state index in [1.54, 1.807) is 7.11 Å². The molecule has 0 spiro atoms. The molecule has 2 aliphatic rings. The number of carbonyl (C=O) groups excluding carboxylic acids is 1. The molecule has 1 saturated heterocycles. The highest BCUT2D eigenvalue weighted by Crippen LogP contribution is 2.51. The number of ether oxygens (including phenoxy) is 2.